The van der Waals surface area contributed by atoms with Crippen molar-refractivity contribution in [1.82, 2.24) is 14.5 Å². The highest BCUT2D eigenvalue weighted by Gasteiger charge is 2.27. The molecule has 1 aliphatic heterocycles. The van der Waals surface area contributed by atoms with E-state index in [0.717, 1.165) is 30.8 Å². The number of anilines is 1. The lowest BCUT2D eigenvalue weighted by molar-refractivity contribution is -0.134. The Hall–Kier alpha value is -2.41. The summed E-state index contributed by atoms with van der Waals surface area (Å²) in [5, 5.41) is 2.98. The van der Waals surface area contributed by atoms with E-state index in [0.29, 0.717) is 17.7 Å². The second-order valence-corrected chi connectivity index (χ2v) is 6.59. The summed E-state index contributed by atoms with van der Waals surface area (Å²) < 4.78 is 2.44. The Bertz CT molecular complexity index is 826. The normalized spacial score (nSPS) is 17.3. The Kier molecular flexibility index (Phi) is 5.33. The average molecular weight is 358 g/mol. The Morgan fingerprint density at radius 1 is 1.40 bits per heavy atom. The van der Waals surface area contributed by atoms with Gasteiger partial charge in [0.2, 0.25) is 11.8 Å². The highest BCUT2D eigenvalue weighted by molar-refractivity contribution is 7.71. The zero-order chi connectivity index (χ0) is 17.8. The van der Waals surface area contributed by atoms with Crippen LogP contribution in [0.25, 0.3) is 5.69 Å². The van der Waals surface area contributed by atoms with Gasteiger partial charge >= 0.3 is 0 Å². The maximum absolute atomic E-state index is 12.6. The number of H-pyrrole nitrogens is 1. The van der Waals surface area contributed by atoms with E-state index in [1.807, 2.05) is 42.0 Å². The quantitative estimate of drug-likeness (QED) is 0.825. The number of hydrogen-bond donors (Lipinski definition) is 2. The lowest BCUT2D eigenvalue weighted by atomic mass is 9.96. The third kappa shape index (κ3) is 3.99. The molecular weight excluding hydrogens is 336 g/mol. The van der Waals surface area contributed by atoms with Crippen LogP contribution in [0.5, 0.6) is 0 Å². The van der Waals surface area contributed by atoms with Gasteiger partial charge in [-0.1, -0.05) is 13.0 Å². The van der Waals surface area contributed by atoms with Crippen LogP contribution in [0.15, 0.2) is 36.7 Å². The molecule has 0 unspecified atom stereocenters. The van der Waals surface area contributed by atoms with E-state index in [2.05, 4.69) is 10.3 Å². The van der Waals surface area contributed by atoms with Crippen molar-refractivity contribution >= 4 is 29.7 Å². The first-order valence-corrected chi connectivity index (χ1v) is 8.94. The van der Waals surface area contributed by atoms with E-state index in [-0.39, 0.29) is 17.7 Å². The van der Waals surface area contributed by atoms with Gasteiger partial charge in [0.05, 0.1) is 5.92 Å². The van der Waals surface area contributed by atoms with Crippen LogP contribution >= 0.6 is 12.2 Å². The number of imidazole rings is 1. The van der Waals surface area contributed by atoms with Crippen molar-refractivity contribution in [3.05, 3.63) is 41.4 Å². The van der Waals surface area contributed by atoms with Crippen molar-refractivity contribution in [3.63, 3.8) is 0 Å². The number of aromatic nitrogens is 2. The molecule has 7 heteroatoms. The van der Waals surface area contributed by atoms with Gasteiger partial charge in [0.1, 0.15) is 0 Å². The summed E-state index contributed by atoms with van der Waals surface area (Å²) in [5.74, 6) is -0.0907. The van der Waals surface area contributed by atoms with Crippen LogP contribution in [0.2, 0.25) is 0 Å². The van der Waals surface area contributed by atoms with E-state index >= 15 is 0 Å². The van der Waals surface area contributed by atoms with Crippen LogP contribution in [0.3, 0.4) is 0 Å². The molecule has 1 aromatic heterocycles. The molecule has 1 aromatic carbocycles. The van der Waals surface area contributed by atoms with Crippen molar-refractivity contribution in [1.29, 1.82) is 0 Å². The number of piperidine rings is 1. The van der Waals surface area contributed by atoms with Crippen molar-refractivity contribution in [2.75, 3.05) is 18.4 Å². The van der Waals surface area contributed by atoms with E-state index in [9.17, 15) is 9.59 Å². The number of hydrogen-bond acceptors (Lipinski definition) is 3. The van der Waals surface area contributed by atoms with E-state index in [4.69, 9.17) is 12.2 Å². The number of amides is 2. The lowest BCUT2D eigenvalue weighted by Crippen LogP contribution is -2.43. The average Bonchev–Trinajstić information content (AvgIpc) is 3.07. The third-order valence-corrected chi connectivity index (χ3v) is 4.80. The molecule has 6 nitrogen and oxygen atoms in total. The molecule has 2 N–H and O–H groups in total. The molecule has 132 valence electrons. The number of nitrogens with one attached hydrogen (secondary N) is 2. The van der Waals surface area contributed by atoms with Gasteiger partial charge in [0.25, 0.3) is 0 Å². The van der Waals surface area contributed by atoms with Crippen LogP contribution in [0.1, 0.15) is 26.2 Å². The minimum Gasteiger partial charge on any atom is -0.342 e. The summed E-state index contributed by atoms with van der Waals surface area (Å²) in [6, 6.07) is 7.56. The highest BCUT2D eigenvalue weighted by atomic mass is 32.1. The maximum atomic E-state index is 12.6. The molecule has 1 aliphatic rings. The van der Waals surface area contributed by atoms with Crippen molar-refractivity contribution in [2.24, 2.45) is 5.92 Å². The molecule has 0 spiro atoms. The van der Waals surface area contributed by atoms with Gasteiger partial charge in [-0.3, -0.25) is 14.2 Å². The number of benzene rings is 1. The number of likely N-dealkylation sites (tertiary alicyclic amines) is 1. The van der Waals surface area contributed by atoms with E-state index < -0.39 is 0 Å². The predicted octanol–water partition coefficient (Wildman–Crippen LogP) is 3.12. The van der Waals surface area contributed by atoms with Gasteiger partial charge in [-0.2, -0.15) is 0 Å². The van der Waals surface area contributed by atoms with Crippen LogP contribution in [-0.4, -0.2) is 39.4 Å². The molecule has 0 saturated carbocycles. The molecule has 2 amide bonds. The number of aromatic amines is 1. The molecule has 0 aliphatic carbocycles. The summed E-state index contributed by atoms with van der Waals surface area (Å²) in [6.45, 7) is 3.10. The standard InChI is InChI=1S/C18H22N4O2S/c1-2-16(23)21-9-4-5-13(12-21)17(24)20-14-6-3-7-15(11-14)22-10-8-19-18(22)25/h3,6-8,10-11,13H,2,4-5,9,12H2,1H3,(H,19,25)(H,20,24)/t13-/m0/s1. The Morgan fingerprint density at radius 3 is 2.96 bits per heavy atom. The topological polar surface area (TPSA) is 70.1 Å². The summed E-state index contributed by atoms with van der Waals surface area (Å²) in [5.41, 5.74) is 1.61. The summed E-state index contributed by atoms with van der Waals surface area (Å²) in [6.07, 6.45) is 5.77. The Morgan fingerprint density at radius 2 is 2.24 bits per heavy atom. The number of carbonyl (C=O) groups excluding carboxylic acids is 2. The molecule has 0 bridgehead atoms. The summed E-state index contributed by atoms with van der Waals surface area (Å²) in [4.78, 5) is 29.2. The smallest absolute Gasteiger partial charge is 0.229 e. The molecule has 2 heterocycles. The fourth-order valence-electron chi connectivity index (χ4n) is 3.14. The molecular formula is C18H22N4O2S. The van der Waals surface area contributed by atoms with Gasteiger partial charge in [-0.25, -0.2) is 0 Å². The summed E-state index contributed by atoms with van der Waals surface area (Å²) in [7, 11) is 0. The largest absolute Gasteiger partial charge is 0.342 e. The zero-order valence-corrected chi connectivity index (χ0v) is 15.0. The first-order valence-electron chi connectivity index (χ1n) is 8.53. The molecule has 1 fully saturated rings. The second kappa shape index (κ2) is 7.65. The Labute approximate surface area is 151 Å². The zero-order valence-electron chi connectivity index (χ0n) is 14.2. The van der Waals surface area contributed by atoms with Crippen LogP contribution < -0.4 is 5.32 Å². The van der Waals surface area contributed by atoms with Crippen molar-refractivity contribution in [3.8, 4) is 5.69 Å². The first kappa shape index (κ1) is 17.4. The fraction of sp³-hybridized carbons (Fsp3) is 0.389. The number of carbonyl (C=O) groups is 2. The SMILES string of the molecule is CCC(=O)N1CCC[C@H](C(=O)Nc2cccc(-n3cc[nH]c3=S)c2)C1. The minimum atomic E-state index is -0.165. The van der Waals surface area contributed by atoms with Crippen LogP contribution in [-0.2, 0) is 9.59 Å². The minimum absolute atomic E-state index is 0.0385. The maximum Gasteiger partial charge on any atom is 0.229 e. The van der Waals surface area contributed by atoms with E-state index in [1.165, 1.54) is 0 Å². The summed E-state index contributed by atoms with van der Waals surface area (Å²) >= 11 is 5.23. The van der Waals surface area contributed by atoms with Crippen LogP contribution in [0.4, 0.5) is 5.69 Å². The second-order valence-electron chi connectivity index (χ2n) is 6.21. The molecule has 25 heavy (non-hydrogen) atoms. The van der Waals surface area contributed by atoms with Gasteiger partial charge in [-0.15, -0.1) is 0 Å². The lowest BCUT2D eigenvalue weighted by Gasteiger charge is -2.31. The van der Waals surface area contributed by atoms with Gasteiger partial charge in [0.15, 0.2) is 4.77 Å². The molecule has 1 atom stereocenters. The number of nitrogens with zero attached hydrogens (tertiary/aromatic N) is 2. The third-order valence-electron chi connectivity index (χ3n) is 4.49. The highest BCUT2D eigenvalue weighted by Crippen LogP contribution is 2.21. The molecule has 1 saturated heterocycles. The van der Waals surface area contributed by atoms with E-state index in [1.54, 1.807) is 11.1 Å². The van der Waals surface area contributed by atoms with Crippen LogP contribution in [0, 0.1) is 10.7 Å². The predicted molar refractivity (Wildman–Crippen MR) is 99.2 cm³/mol. The number of rotatable bonds is 4. The van der Waals surface area contributed by atoms with Crippen molar-refractivity contribution < 1.29 is 9.59 Å². The molecule has 3 rings (SSSR count). The first-order chi connectivity index (χ1) is 12.1. The Balaban J connectivity index is 1.70. The van der Waals surface area contributed by atoms with Gasteiger partial charge < -0.3 is 15.2 Å². The van der Waals surface area contributed by atoms with Gasteiger partial charge in [0, 0.05) is 43.3 Å². The molecule has 0 radical (unpaired) electrons. The fourth-order valence-corrected chi connectivity index (χ4v) is 3.38. The van der Waals surface area contributed by atoms with Gasteiger partial charge in [-0.05, 0) is 43.3 Å². The van der Waals surface area contributed by atoms with Crippen molar-refractivity contribution in [2.45, 2.75) is 26.2 Å². The monoisotopic (exact) mass is 358 g/mol. The molecule has 2 aromatic rings.